The van der Waals surface area contributed by atoms with Gasteiger partial charge in [-0.1, -0.05) is 29.8 Å². The Bertz CT molecular complexity index is 615. The molecule has 2 rings (SSSR count). The summed E-state index contributed by atoms with van der Waals surface area (Å²) in [6, 6.07) is 12.9. The number of benzene rings is 2. The first-order valence-corrected chi connectivity index (χ1v) is 7.31. The minimum Gasteiger partial charge on any atom is -0.369 e. The number of hydrogen-bond donors (Lipinski definition) is 1. The van der Waals surface area contributed by atoms with Crippen molar-refractivity contribution in [2.45, 2.75) is 19.5 Å². The van der Waals surface area contributed by atoms with E-state index in [1.54, 1.807) is 12.1 Å². The van der Waals surface area contributed by atoms with Gasteiger partial charge in [-0.05, 0) is 49.4 Å². The molecule has 0 amide bonds. The van der Waals surface area contributed by atoms with Gasteiger partial charge in [0, 0.05) is 19.6 Å². The first-order chi connectivity index (χ1) is 10.0. The van der Waals surface area contributed by atoms with Gasteiger partial charge in [0.1, 0.15) is 5.82 Å². The fraction of sp³-hybridized carbons (Fsp3) is 0.294. The van der Waals surface area contributed by atoms with Gasteiger partial charge in [0.05, 0.1) is 10.7 Å². The lowest BCUT2D eigenvalue weighted by Gasteiger charge is -2.22. The second-order valence-electron chi connectivity index (χ2n) is 5.21. The van der Waals surface area contributed by atoms with Crippen LogP contribution in [-0.4, -0.2) is 14.1 Å². The average molecular weight is 307 g/mol. The number of nitrogens with zero attached hydrogens (tertiary/aromatic N) is 1. The monoisotopic (exact) mass is 306 g/mol. The second kappa shape index (κ2) is 6.92. The first kappa shape index (κ1) is 15.8. The van der Waals surface area contributed by atoms with Crippen molar-refractivity contribution < 1.29 is 4.39 Å². The number of halogens is 2. The van der Waals surface area contributed by atoms with Crippen LogP contribution in [0, 0.1) is 5.82 Å². The van der Waals surface area contributed by atoms with Crippen LogP contribution in [0.2, 0.25) is 5.02 Å². The van der Waals surface area contributed by atoms with E-state index >= 15 is 0 Å². The predicted molar refractivity (Wildman–Crippen MR) is 87.4 cm³/mol. The number of rotatable bonds is 5. The lowest BCUT2D eigenvalue weighted by atomic mass is 10.1. The zero-order valence-electron chi connectivity index (χ0n) is 12.5. The van der Waals surface area contributed by atoms with Gasteiger partial charge in [0.15, 0.2) is 0 Å². The Morgan fingerprint density at radius 1 is 1.24 bits per heavy atom. The molecule has 0 bridgehead atoms. The highest BCUT2D eigenvalue weighted by atomic mass is 35.5. The molecule has 0 saturated carbocycles. The van der Waals surface area contributed by atoms with Crippen LogP contribution < -0.4 is 10.2 Å². The molecule has 2 aromatic rings. The molecule has 1 unspecified atom stereocenters. The van der Waals surface area contributed by atoms with E-state index in [4.69, 9.17) is 11.6 Å². The van der Waals surface area contributed by atoms with E-state index < -0.39 is 0 Å². The van der Waals surface area contributed by atoms with Gasteiger partial charge in [-0.15, -0.1) is 0 Å². The average Bonchev–Trinajstić information content (AvgIpc) is 2.46. The Labute approximate surface area is 130 Å². The van der Waals surface area contributed by atoms with Crippen LogP contribution in [0.5, 0.6) is 0 Å². The molecule has 112 valence electrons. The Balaban J connectivity index is 2.17. The van der Waals surface area contributed by atoms with Crippen molar-refractivity contribution in [2.24, 2.45) is 0 Å². The van der Waals surface area contributed by atoms with Gasteiger partial charge in [0.2, 0.25) is 0 Å². The maximum atomic E-state index is 13.2. The maximum absolute atomic E-state index is 13.2. The minimum absolute atomic E-state index is 0.217. The quantitative estimate of drug-likeness (QED) is 0.881. The lowest BCUT2D eigenvalue weighted by molar-refractivity contribution is 0.625. The molecule has 1 N–H and O–H groups in total. The third-order valence-corrected chi connectivity index (χ3v) is 3.93. The molecule has 0 aliphatic carbocycles. The van der Waals surface area contributed by atoms with Crippen LogP contribution in [0.1, 0.15) is 24.1 Å². The van der Waals surface area contributed by atoms with Crippen LogP contribution in [0.3, 0.4) is 0 Å². The van der Waals surface area contributed by atoms with E-state index in [2.05, 4.69) is 18.3 Å². The number of nitrogens with one attached hydrogen (secondary N) is 1. The molecule has 0 saturated heterocycles. The van der Waals surface area contributed by atoms with Crippen LogP contribution in [-0.2, 0) is 6.54 Å². The van der Waals surface area contributed by atoms with E-state index in [-0.39, 0.29) is 11.9 Å². The Hall–Kier alpha value is -1.58. The molecule has 2 nitrogen and oxygen atoms in total. The molecular formula is C17H20ClFN2. The molecule has 4 heteroatoms. The van der Waals surface area contributed by atoms with E-state index in [0.717, 1.165) is 16.8 Å². The Morgan fingerprint density at radius 2 is 2.00 bits per heavy atom. The fourth-order valence-corrected chi connectivity index (χ4v) is 2.60. The molecule has 0 aliphatic rings. The lowest BCUT2D eigenvalue weighted by Crippen LogP contribution is -2.17. The fourth-order valence-electron chi connectivity index (χ4n) is 2.26. The van der Waals surface area contributed by atoms with Crippen LogP contribution >= 0.6 is 11.6 Å². The molecular weight excluding hydrogens is 287 g/mol. The van der Waals surface area contributed by atoms with Gasteiger partial charge >= 0.3 is 0 Å². The zero-order valence-corrected chi connectivity index (χ0v) is 13.3. The van der Waals surface area contributed by atoms with E-state index in [1.807, 2.05) is 37.2 Å². The van der Waals surface area contributed by atoms with Gasteiger partial charge in [-0.2, -0.15) is 0 Å². The standard InChI is InChI=1S/C17H20ClFN2/c1-12(20-2)14-7-8-17(16(18)10-14)21(3)11-13-5-4-6-15(19)9-13/h4-10,12,20H,11H2,1-3H3. The largest absolute Gasteiger partial charge is 0.369 e. The molecule has 0 spiro atoms. The summed E-state index contributed by atoms with van der Waals surface area (Å²) in [5, 5.41) is 3.89. The summed E-state index contributed by atoms with van der Waals surface area (Å²) < 4.78 is 13.2. The first-order valence-electron chi connectivity index (χ1n) is 6.93. The molecule has 0 aliphatic heterocycles. The predicted octanol–water partition coefficient (Wildman–Crippen LogP) is 4.40. The molecule has 0 aromatic heterocycles. The number of anilines is 1. The van der Waals surface area contributed by atoms with Crippen molar-refractivity contribution in [3.63, 3.8) is 0 Å². The van der Waals surface area contributed by atoms with Crippen molar-refractivity contribution in [1.29, 1.82) is 0 Å². The van der Waals surface area contributed by atoms with Gasteiger partial charge in [-0.3, -0.25) is 0 Å². The minimum atomic E-state index is -0.217. The highest BCUT2D eigenvalue weighted by Crippen LogP contribution is 2.29. The van der Waals surface area contributed by atoms with Crippen molar-refractivity contribution in [1.82, 2.24) is 5.32 Å². The highest BCUT2D eigenvalue weighted by molar-refractivity contribution is 6.33. The van der Waals surface area contributed by atoms with Gasteiger partial charge in [-0.25, -0.2) is 4.39 Å². The highest BCUT2D eigenvalue weighted by Gasteiger charge is 2.10. The summed E-state index contributed by atoms with van der Waals surface area (Å²) in [4.78, 5) is 2.02. The second-order valence-corrected chi connectivity index (χ2v) is 5.61. The summed E-state index contributed by atoms with van der Waals surface area (Å²) in [7, 11) is 3.87. The third kappa shape index (κ3) is 3.96. The third-order valence-electron chi connectivity index (χ3n) is 3.62. The summed E-state index contributed by atoms with van der Waals surface area (Å²) in [5.74, 6) is -0.217. The molecule has 0 heterocycles. The van der Waals surface area contributed by atoms with Crippen LogP contribution in [0.15, 0.2) is 42.5 Å². The van der Waals surface area contributed by atoms with E-state index in [0.29, 0.717) is 11.6 Å². The summed E-state index contributed by atoms with van der Waals surface area (Å²) in [6.45, 7) is 2.69. The maximum Gasteiger partial charge on any atom is 0.123 e. The summed E-state index contributed by atoms with van der Waals surface area (Å²) >= 11 is 6.38. The summed E-state index contributed by atoms with van der Waals surface area (Å²) in [5.41, 5.74) is 3.00. The van der Waals surface area contributed by atoms with Crippen molar-refractivity contribution >= 4 is 17.3 Å². The van der Waals surface area contributed by atoms with Crippen molar-refractivity contribution in [2.75, 3.05) is 19.0 Å². The molecule has 0 radical (unpaired) electrons. The molecule has 1 atom stereocenters. The van der Waals surface area contributed by atoms with Crippen LogP contribution in [0.4, 0.5) is 10.1 Å². The molecule has 0 fully saturated rings. The van der Waals surface area contributed by atoms with Gasteiger partial charge < -0.3 is 10.2 Å². The smallest absolute Gasteiger partial charge is 0.123 e. The van der Waals surface area contributed by atoms with E-state index in [1.165, 1.54) is 6.07 Å². The number of hydrogen-bond acceptors (Lipinski definition) is 2. The van der Waals surface area contributed by atoms with Gasteiger partial charge in [0.25, 0.3) is 0 Å². The molecule has 2 aromatic carbocycles. The topological polar surface area (TPSA) is 15.3 Å². The Morgan fingerprint density at radius 3 is 2.62 bits per heavy atom. The van der Waals surface area contributed by atoms with Crippen LogP contribution in [0.25, 0.3) is 0 Å². The summed E-state index contributed by atoms with van der Waals surface area (Å²) in [6.07, 6.45) is 0. The SMILES string of the molecule is CNC(C)c1ccc(N(C)Cc2cccc(F)c2)c(Cl)c1. The van der Waals surface area contributed by atoms with Crippen molar-refractivity contribution in [3.05, 3.63) is 64.4 Å². The zero-order chi connectivity index (χ0) is 15.4. The molecule has 21 heavy (non-hydrogen) atoms. The Kier molecular flexibility index (Phi) is 5.21. The van der Waals surface area contributed by atoms with E-state index in [9.17, 15) is 4.39 Å². The normalized spacial score (nSPS) is 12.2. The van der Waals surface area contributed by atoms with Crippen molar-refractivity contribution in [3.8, 4) is 0 Å².